The first-order chi connectivity index (χ1) is 31.8. The van der Waals surface area contributed by atoms with Crippen molar-refractivity contribution in [3.8, 4) is 22.3 Å². The number of hydrogen-bond acceptors (Lipinski definition) is 0. The van der Waals surface area contributed by atoms with E-state index in [1.807, 2.05) is 0 Å². The zero-order chi connectivity index (χ0) is 42.7. The molecule has 0 saturated heterocycles. The van der Waals surface area contributed by atoms with Crippen molar-refractivity contribution in [2.45, 2.75) is 25.7 Å². The van der Waals surface area contributed by atoms with Crippen LogP contribution < -0.4 is 31.5 Å². The Hall–Kier alpha value is -5.22. The molecule has 0 aromatic heterocycles. The summed E-state index contributed by atoms with van der Waals surface area (Å²) in [6, 6.07) is 71.8. The standard InChI is InChI=1S/2C18H13.2C13H10.2ClH.2Hf/c2*1-2-6-13(5-1)14-9-10-18-16(11-14)12-15-7-3-4-8-17(15)18;2*1-3-7-12(8-4-1)11-13-9-5-2-6-10-13;;;;/h2*1-5,7-10H,6,12H2;2*1-10H;2*1H;;/q;;;;;;2*+1/p-2. The average Bonchev–Trinajstić information content (AvgIpc) is 4.21. The van der Waals surface area contributed by atoms with Crippen molar-refractivity contribution >= 4 is 24.3 Å². The van der Waals surface area contributed by atoms with Crippen LogP contribution in [0.1, 0.15) is 68.5 Å². The van der Waals surface area contributed by atoms with E-state index in [0.717, 1.165) is 25.7 Å². The fourth-order valence-electron chi connectivity index (χ4n) is 9.83. The summed E-state index contributed by atoms with van der Waals surface area (Å²) in [6.45, 7) is 0. The van der Waals surface area contributed by atoms with Gasteiger partial charge in [0.1, 0.15) is 0 Å². The molecule has 8 aromatic rings. The summed E-state index contributed by atoms with van der Waals surface area (Å²) in [6.07, 6.45) is 17.9. The fourth-order valence-corrected chi connectivity index (χ4v) is 21.5. The Kier molecular flexibility index (Phi) is 14.7. The summed E-state index contributed by atoms with van der Waals surface area (Å²) < 4.78 is 6.53. The van der Waals surface area contributed by atoms with Crippen LogP contribution in [0.5, 0.6) is 0 Å². The molecule has 0 amide bonds. The Balaban J connectivity index is 0.000000161. The molecule has 0 N–H and O–H groups in total. The summed E-state index contributed by atoms with van der Waals surface area (Å²) in [7, 11) is 0. The van der Waals surface area contributed by atoms with E-state index in [0.29, 0.717) is 0 Å². The maximum atomic E-state index is 2.41. The maximum Gasteiger partial charge on any atom is -1.00 e. The summed E-state index contributed by atoms with van der Waals surface area (Å²) >= 11 is -2.83. The van der Waals surface area contributed by atoms with Gasteiger partial charge in [-0.05, 0) is 0 Å². The second-order valence-corrected chi connectivity index (χ2v) is 25.8. The van der Waals surface area contributed by atoms with Gasteiger partial charge in [0.2, 0.25) is 0 Å². The predicted octanol–water partition coefficient (Wildman–Crippen LogP) is 7.16. The van der Waals surface area contributed by atoms with E-state index < -0.39 is 44.8 Å². The molecule has 0 heterocycles. The predicted molar refractivity (Wildman–Crippen MR) is 264 cm³/mol. The molecular weight excluding hydrogens is 1170 g/mol. The molecule has 0 radical (unpaired) electrons. The molecule has 0 spiro atoms. The largest absolute Gasteiger partial charge is 1.00 e. The van der Waals surface area contributed by atoms with Gasteiger partial charge in [-0.3, -0.25) is 0 Å². The summed E-state index contributed by atoms with van der Waals surface area (Å²) in [5, 5.41) is 0. The first kappa shape index (κ1) is 45.9. The SMILES string of the molecule is C1=CCC(c2ccc3c([c]2[Hf+]=[C](c2ccccc2)c2ccccc2)Cc2ccccc2-3)=C1.C1=CCC(c2ccc3c([c]2[Hf+]=[C](c2ccccc2)c2ccccc2)Cc2ccccc2-3)=C1.[Cl-].[Cl-]. The summed E-state index contributed by atoms with van der Waals surface area (Å²) in [5.41, 5.74) is 23.4. The first-order valence-electron chi connectivity index (χ1n) is 22.5. The molecule has 4 heteroatoms. The molecule has 4 aliphatic carbocycles. The molecule has 0 aliphatic heterocycles. The van der Waals surface area contributed by atoms with Gasteiger partial charge in [0.25, 0.3) is 0 Å². The Morgan fingerprint density at radius 2 is 0.636 bits per heavy atom. The van der Waals surface area contributed by atoms with E-state index in [-0.39, 0.29) is 24.8 Å². The molecular formula is C62H46Cl2Hf2. The van der Waals surface area contributed by atoms with Crippen molar-refractivity contribution < 1.29 is 69.7 Å². The number of hydrogen-bond donors (Lipinski definition) is 0. The smallest absolute Gasteiger partial charge is 1.00 e. The zero-order valence-corrected chi connectivity index (χ0v) is 45.2. The van der Waals surface area contributed by atoms with Crippen LogP contribution in [0.3, 0.4) is 0 Å². The Morgan fingerprint density at radius 1 is 0.318 bits per heavy atom. The van der Waals surface area contributed by atoms with E-state index in [2.05, 4.69) is 231 Å². The average molecular weight is 1220 g/mol. The van der Waals surface area contributed by atoms with Crippen LogP contribution in [0.2, 0.25) is 0 Å². The Morgan fingerprint density at radius 3 is 0.970 bits per heavy atom. The number of fused-ring (bicyclic) bond motifs is 6. The van der Waals surface area contributed by atoms with Gasteiger partial charge in [-0.15, -0.1) is 0 Å². The van der Waals surface area contributed by atoms with Crippen LogP contribution in [0, 0.1) is 0 Å². The molecule has 0 unspecified atom stereocenters. The van der Waals surface area contributed by atoms with E-state index in [1.54, 1.807) is 24.3 Å². The zero-order valence-electron chi connectivity index (χ0n) is 36.5. The van der Waals surface area contributed by atoms with Gasteiger partial charge in [0.15, 0.2) is 0 Å². The molecule has 316 valence electrons. The van der Waals surface area contributed by atoms with Gasteiger partial charge in [-0.2, -0.15) is 0 Å². The third-order valence-electron chi connectivity index (χ3n) is 13.0. The Bertz CT molecular complexity index is 2930. The quantitative estimate of drug-likeness (QED) is 0.142. The molecule has 4 aliphatic rings. The molecule has 0 bridgehead atoms. The normalized spacial score (nSPS) is 12.9. The minimum absolute atomic E-state index is 0. The van der Waals surface area contributed by atoms with E-state index in [1.165, 1.54) is 77.9 Å². The van der Waals surface area contributed by atoms with Gasteiger partial charge < -0.3 is 24.8 Å². The van der Waals surface area contributed by atoms with Gasteiger partial charge in [0.05, 0.1) is 0 Å². The van der Waals surface area contributed by atoms with Crippen molar-refractivity contribution in [2.75, 3.05) is 0 Å². The summed E-state index contributed by atoms with van der Waals surface area (Å²) in [4.78, 5) is 0. The van der Waals surface area contributed by atoms with Crippen LogP contribution in [0.4, 0.5) is 0 Å². The van der Waals surface area contributed by atoms with Crippen molar-refractivity contribution in [3.05, 3.63) is 286 Å². The molecule has 0 atom stereocenters. The second kappa shape index (κ2) is 21.2. The number of halogens is 2. The first-order valence-corrected chi connectivity index (χ1v) is 29.7. The van der Waals surface area contributed by atoms with Gasteiger partial charge in [0, 0.05) is 0 Å². The van der Waals surface area contributed by atoms with Gasteiger partial charge >= 0.3 is 403 Å². The molecule has 66 heavy (non-hydrogen) atoms. The second-order valence-electron chi connectivity index (χ2n) is 16.8. The van der Waals surface area contributed by atoms with Gasteiger partial charge in [-0.1, -0.05) is 0 Å². The number of benzene rings is 8. The van der Waals surface area contributed by atoms with Crippen LogP contribution in [0.15, 0.2) is 231 Å². The van der Waals surface area contributed by atoms with Crippen molar-refractivity contribution in [2.24, 2.45) is 0 Å². The molecule has 0 fully saturated rings. The third kappa shape index (κ3) is 9.36. The Labute approximate surface area is 424 Å². The van der Waals surface area contributed by atoms with Crippen molar-refractivity contribution in [3.63, 3.8) is 0 Å². The van der Waals surface area contributed by atoms with Gasteiger partial charge in [-0.25, -0.2) is 0 Å². The minimum atomic E-state index is -1.41. The number of allylic oxidation sites excluding steroid dienone is 8. The van der Waals surface area contributed by atoms with E-state index >= 15 is 0 Å². The molecule has 0 saturated carbocycles. The minimum Gasteiger partial charge on any atom is -1.00 e. The van der Waals surface area contributed by atoms with Crippen LogP contribution in [-0.2, 0) is 57.7 Å². The van der Waals surface area contributed by atoms with Crippen LogP contribution >= 0.6 is 0 Å². The van der Waals surface area contributed by atoms with E-state index in [9.17, 15) is 0 Å². The fraction of sp³-hybridized carbons (Fsp3) is 0.0645. The molecule has 0 nitrogen and oxygen atoms in total. The molecule has 12 rings (SSSR count). The maximum absolute atomic E-state index is 2.41. The monoisotopic (exact) mass is 1220 g/mol. The van der Waals surface area contributed by atoms with Crippen molar-refractivity contribution in [1.82, 2.24) is 0 Å². The van der Waals surface area contributed by atoms with Crippen molar-refractivity contribution in [1.29, 1.82) is 0 Å². The van der Waals surface area contributed by atoms with Crippen LogP contribution in [-0.4, -0.2) is 6.51 Å². The molecule has 8 aromatic carbocycles. The number of rotatable bonds is 8. The third-order valence-corrected chi connectivity index (χ3v) is 24.8. The van der Waals surface area contributed by atoms with E-state index in [4.69, 9.17) is 0 Å². The topological polar surface area (TPSA) is 0 Å². The van der Waals surface area contributed by atoms with Crippen LogP contribution in [0.25, 0.3) is 33.4 Å². The summed E-state index contributed by atoms with van der Waals surface area (Å²) in [5.74, 6) is 0.